The van der Waals surface area contributed by atoms with Crippen LogP contribution in [0, 0.1) is 5.41 Å². The molecule has 2 saturated heterocycles. The van der Waals surface area contributed by atoms with Crippen molar-refractivity contribution >= 4 is 23.5 Å². The van der Waals surface area contributed by atoms with Gasteiger partial charge in [-0.15, -0.1) is 0 Å². The summed E-state index contributed by atoms with van der Waals surface area (Å²) in [6.45, 7) is 3.86. The third-order valence-corrected chi connectivity index (χ3v) is 6.10. The quantitative estimate of drug-likeness (QED) is 0.522. The van der Waals surface area contributed by atoms with Gasteiger partial charge in [-0.05, 0) is 42.5 Å². The Labute approximate surface area is 190 Å². The predicted octanol–water partition coefficient (Wildman–Crippen LogP) is 1.48. The van der Waals surface area contributed by atoms with Crippen LogP contribution in [0.3, 0.4) is 0 Å². The number of fused-ring (bicyclic) bond motifs is 1. The summed E-state index contributed by atoms with van der Waals surface area (Å²) in [5.41, 5.74) is 7.40. The summed E-state index contributed by atoms with van der Waals surface area (Å²) in [5, 5.41) is 7.48. The highest BCUT2D eigenvalue weighted by Gasteiger charge is 2.34. The minimum Gasteiger partial charge on any atom is -0.454 e. The number of amidine groups is 1. The Morgan fingerprint density at radius 3 is 2.42 bits per heavy atom. The van der Waals surface area contributed by atoms with E-state index in [0.717, 1.165) is 0 Å². The zero-order valence-corrected chi connectivity index (χ0v) is 18.0. The summed E-state index contributed by atoms with van der Waals surface area (Å²) >= 11 is 0. The summed E-state index contributed by atoms with van der Waals surface area (Å²) < 4.78 is 16.2. The number of ether oxygens (including phenoxy) is 3. The second-order valence-corrected chi connectivity index (χ2v) is 8.24. The number of anilines is 1. The molecule has 10 nitrogen and oxygen atoms in total. The molecule has 0 spiro atoms. The fourth-order valence-corrected chi connectivity index (χ4v) is 4.28. The molecule has 1 atom stereocenters. The Hall–Kier alpha value is -3.79. The van der Waals surface area contributed by atoms with Crippen LogP contribution in [0.1, 0.15) is 15.9 Å². The molecule has 0 radical (unpaired) electrons. The van der Waals surface area contributed by atoms with Gasteiger partial charge in [-0.1, -0.05) is 0 Å². The van der Waals surface area contributed by atoms with Gasteiger partial charge < -0.3 is 24.8 Å². The third kappa shape index (κ3) is 4.29. The molecule has 0 bridgehead atoms. The topological polar surface area (TPSA) is 121 Å². The number of amides is 2. The van der Waals surface area contributed by atoms with Gasteiger partial charge >= 0.3 is 6.09 Å². The lowest BCUT2D eigenvalue weighted by molar-refractivity contribution is 0.0552. The van der Waals surface area contributed by atoms with Crippen molar-refractivity contribution in [2.45, 2.75) is 6.10 Å². The predicted molar refractivity (Wildman–Crippen MR) is 120 cm³/mol. The van der Waals surface area contributed by atoms with Gasteiger partial charge in [-0.25, -0.2) is 4.79 Å². The van der Waals surface area contributed by atoms with Crippen molar-refractivity contribution < 1.29 is 23.8 Å². The zero-order valence-electron chi connectivity index (χ0n) is 18.0. The number of nitrogens with one attached hydrogen (secondary N) is 1. The lowest BCUT2D eigenvalue weighted by Gasteiger charge is -2.35. The first-order valence-corrected chi connectivity index (χ1v) is 10.8. The van der Waals surface area contributed by atoms with Crippen LogP contribution in [-0.2, 0) is 4.74 Å². The van der Waals surface area contributed by atoms with E-state index >= 15 is 0 Å². The molecule has 172 valence electrons. The number of hydrogen-bond donors (Lipinski definition) is 2. The second kappa shape index (κ2) is 8.62. The van der Waals surface area contributed by atoms with Gasteiger partial charge in [0.25, 0.3) is 5.91 Å². The average Bonchev–Trinajstić information content (AvgIpc) is 3.44. The molecule has 10 heteroatoms. The van der Waals surface area contributed by atoms with Crippen molar-refractivity contribution in [3.63, 3.8) is 0 Å². The number of nitrogens with two attached hydrogens (primary N) is 1. The normalized spacial score (nSPS) is 20.1. The van der Waals surface area contributed by atoms with Crippen LogP contribution < -0.4 is 20.1 Å². The third-order valence-electron chi connectivity index (χ3n) is 6.10. The van der Waals surface area contributed by atoms with Crippen molar-refractivity contribution in [3.8, 4) is 11.5 Å². The highest BCUT2D eigenvalue weighted by Crippen LogP contribution is 2.33. The monoisotopic (exact) mass is 451 g/mol. The summed E-state index contributed by atoms with van der Waals surface area (Å²) in [6.07, 6.45) is -0.631. The van der Waals surface area contributed by atoms with E-state index in [1.165, 1.54) is 0 Å². The molecule has 3 N–H and O–H groups in total. The van der Waals surface area contributed by atoms with E-state index in [4.69, 9.17) is 25.4 Å². The van der Waals surface area contributed by atoms with Crippen molar-refractivity contribution in [1.29, 1.82) is 5.41 Å². The van der Waals surface area contributed by atoms with E-state index in [0.29, 0.717) is 67.6 Å². The van der Waals surface area contributed by atoms with E-state index in [2.05, 4.69) is 4.90 Å². The Balaban J connectivity index is 1.13. The maximum Gasteiger partial charge on any atom is 0.414 e. The highest BCUT2D eigenvalue weighted by atomic mass is 16.7. The summed E-state index contributed by atoms with van der Waals surface area (Å²) in [6, 6.07) is 12.2. The van der Waals surface area contributed by atoms with Crippen LogP contribution in [0.15, 0.2) is 42.5 Å². The molecule has 3 aliphatic rings. The fourth-order valence-electron chi connectivity index (χ4n) is 4.28. The summed E-state index contributed by atoms with van der Waals surface area (Å²) in [7, 11) is 0. The molecule has 2 aromatic rings. The number of benzene rings is 2. The number of piperazine rings is 1. The molecular formula is C23H25N5O5. The van der Waals surface area contributed by atoms with Gasteiger partial charge in [0.2, 0.25) is 6.79 Å². The van der Waals surface area contributed by atoms with E-state index in [1.807, 2.05) is 4.90 Å². The standard InChI is InChI=1S/C23H25N5O5/c24-21(25)15-1-4-17(5-2-15)28-13-18(33-23(28)30)12-26-7-9-27(10-8-26)22(29)16-3-6-19-20(11-16)32-14-31-19/h1-6,11,18H,7-10,12-14H2,(H3,24,25). The van der Waals surface area contributed by atoms with Gasteiger partial charge in [-0.2, -0.15) is 0 Å². The molecule has 0 aliphatic carbocycles. The smallest absolute Gasteiger partial charge is 0.414 e. The number of hydrogen-bond acceptors (Lipinski definition) is 7. The van der Waals surface area contributed by atoms with Crippen molar-refractivity contribution in [2.75, 3.05) is 51.0 Å². The van der Waals surface area contributed by atoms with Crippen LogP contribution >= 0.6 is 0 Å². The lowest BCUT2D eigenvalue weighted by Crippen LogP contribution is -2.50. The van der Waals surface area contributed by atoms with E-state index in [9.17, 15) is 9.59 Å². The van der Waals surface area contributed by atoms with Crippen LogP contribution in [0.2, 0.25) is 0 Å². The number of nitrogens with zero attached hydrogens (tertiary/aromatic N) is 3. The number of nitrogen functional groups attached to an aromatic ring is 1. The van der Waals surface area contributed by atoms with Crippen molar-refractivity contribution in [1.82, 2.24) is 9.80 Å². The van der Waals surface area contributed by atoms with Gasteiger partial charge in [0, 0.05) is 49.5 Å². The fraction of sp³-hybridized carbons (Fsp3) is 0.348. The lowest BCUT2D eigenvalue weighted by atomic mass is 10.1. The van der Waals surface area contributed by atoms with Crippen LogP contribution in [0.5, 0.6) is 11.5 Å². The van der Waals surface area contributed by atoms with Crippen LogP contribution in [0.4, 0.5) is 10.5 Å². The Kier molecular flexibility index (Phi) is 5.51. The highest BCUT2D eigenvalue weighted by molar-refractivity contribution is 5.96. The minimum absolute atomic E-state index is 0.0143. The van der Waals surface area contributed by atoms with Crippen molar-refractivity contribution in [3.05, 3.63) is 53.6 Å². The summed E-state index contributed by atoms with van der Waals surface area (Å²) in [5.74, 6) is 1.22. The maximum absolute atomic E-state index is 12.9. The average molecular weight is 451 g/mol. The van der Waals surface area contributed by atoms with Gasteiger partial charge in [-0.3, -0.25) is 20.0 Å². The van der Waals surface area contributed by atoms with Crippen molar-refractivity contribution in [2.24, 2.45) is 5.73 Å². The number of carbonyl (C=O) groups is 2. The van der Waals surface area contributed by atoms with Crippen LogP contribution in [0.25, 0.3) is 0 Å². The SMILES string of the molecule is N=C(N)c1ccc(N2CC(CN3CCN(C(=O)c4ccc5c(c4)OCO5)CC3)OC2=O)cc1. The largest absolute Gasteiger partial charge is 0.454 e. The Morgan fingerprint density at radius 2 is 1.70 bits per heavy atom. The molecule has 5 rings (SSSR count). The Morgan fingerprint density at radius 1 is 1.00 bits per heavy atom. The molecule has 2 fully saturated rings. The number of cyclic esters (lactones) is 1. The van der Waals surface area contributed by atoms with Gasteiger partial charge in [0.05, 0.1) is 6.54 Å². The molecule has 0 saturated carbocycles. The molecule has 3 aliphatic heterocycles. The molecule has 2 aromatic carbocycles. The van der Waals surface area contributed by atoms with Crippen LogP contribution in [-0.4, -0.2) is 79.8 Å². The molecule has 0 aromatic heterocycles. The van der Waals surface area contributed by atoms with E-state index in [1.54, 1.807) is 47.4 Å². The first-order valence-electron chi connectivity index (χ1n) is 10.8. The first-order chi connectivity index (χ1) is 16.0. The van der Waals surface area contributed by atoms with Gasteiger partial charge in [0.15, 0.2) is 11.5 Å². The van der Waals surface area contributed by atoms with E-state index in [-0.39, 0.29) is 30.7 Å². The summed E-state index contributed by atoms with van der Waals surface area (Å²) in [4.78, 5) is 30.9. The molecular weight excluding hydrogens is 426 g/mol. The number of rotatable bonds is 5. The van der Waals surface area contributed by atoms with Gasteiger partial charge in [0.1, 0.15) is 11.9 Å². The first kappa shape index (κ1) is 21.1. The molecule has 3 heterocycles. The molecule has 33 heavy (non-hydrogen) atoms. The second-order valence-electron chi connectivity index (χ2n) is 8.24. The molecule has 1 unspecified atom stereocenters. The Bertz CT molecular complexity index is 1080. The minimum atomic E-state index is -0.382. The maximum atomic E-state index is 12.9. The molecule has 2 amide bonds. The van der Waals surface area contributed by atoms with E-state index < -0.39 is 0 Å². The number of carbonyl (C=O) groups excluding carboxylic acids is 2. The zero-order chi connectivity index (χ0) is 22.9.